The molecule has 1 heterocycles. The number of amides is 1. The minimum absolute atomic E-state index is 0.0955. The predicted molar refractivity (Wildman–Crippen MR) is 116 cm³/mol. The van der Waals surface area contributed by atoms with Gasteiger partial charge in [0, 0.05) is 30.6 Å². The Bertz CT molecular complexity index is 810. The van der Waals surface area contributed by atoms with Crippen LogP contribution < -0.4 is 14.8 Å². The lowest BCUT2D eigenvalue weighted by atomic mass is 10.0. The maximum absolute atomic E-state index is 12.5. The zero-order valence-electron chi connectivity index (χ0n) is 17.1. The summed E-state index contributed by atoms with van der Waals surface area (Å²) in [6.45, 7) is 2.82. The molecule has 5 nitrogen and oxygen atoms in total. The van der Waals surface area contributed by atoms with Crippen molar-refractivity contribution in [3.63, 3.8) is 0 Å². The summed E-state index contributed by atoms with van der Waals surface area (Å²) in [5.41, 5.74) is 2.31. The first-order chi connectivity index (χ1) is 14.1. The summed E-state index contributed by atoms with van der Waals surface area (Å²) in [6, 6.07) is 14.0. The molecule has 3 rings (SSSR count). The molecule has 0 unspecified atom stereocenters. The van der Waals surface area contributed by atoms with Crippen LogP contribution in [0, 0.1) is 0 Å². The highest BCUT2D eigenvalue weighted by atomic mass is 35.5. The van der Waals surface area contributed by atoms with Gasteiger partial charge in [0.05, 0.1) is 14.2 Å². The molecule has 1 atom stereocenters. The second-order valence-electron chi connectivity index (χ2n) is 7.46. The van der Waals surface area contributed by atoms with Gasteiger partial charge in [0.2, 0.25) is 5.91 Å². The molecule has 29 heavy (non-hydrogen) atoms. The van der Waals surface area contributed by atoms with Gasteiger partial charge in [-0.05, 0) is 61.2 Å². The van der Waals surface area contributed by atoms with E-state index in [0.717, 1.165) is 43.1 Å². The summed E-state index contributed by atoms with van der Waals surface area (Å²) in [4.78, 5) is 14.9. The van der Waals surface area contributed by atoms with E-state index in [1.54, 1.807) is 14.2 Å². The second-order valence-corrected chi connectivity index (χ2v) is 7.89. The van der Waals surface area contributed by atoms with Crippen molar-refractivity contribution in [3.05, 3.63) is 58.6 Å². The largest absolute Gasteiger partial charge is 0.493 e. The van der Waals surface area contributed by atoms with Crippen LogP contribution in [0.3, 0.4) is 0 Å². The van der Waals surface area contributed by atoms with E-state index in [9.17, 15) is 4.79 Å². The SMILES string of the molecule is COc1ccc(CCC(=O)N[C@H]2CCCN(Cc3ccc(Cl)cc3)C2)cc1OC. The van der Waals surface area contributed by atoms with Gasteiger partial charge in [-0.15, -0.1) is 0 Å². The number of likely N-dealkylation sites (tertiary alicyclic amines) is 1. The molecular formula is C23H29ClN2O3. The van der Waals surface area contributed by atoms with Gasteiger partial charge in [-0.25, -0.2) is 0 Å². The van der Waals surface area contributed by atoms with Crippen LogP contribution in [-0.2, 0) is 17.8 Å². The lowest BCUT2D eigenvalue weighted by molar-refractivity contribution is -0.122. The van der Waals surface area contributed by atoms with Gasteiger partial charge in [0.1, 0.15) is 0 Å². The van der Waals surface area contributed by atoms with E-state index >= 15 is 0 Å². The number of aryl methyl sites for hydroxylation is 1. The van der Waals surface area contributed by atoms with E-state index in [1.807, 2.05) is 30.3 Å². The fourth-order valence-electron chi connectivity index (χ4n) is 3.76. The van der Waals surface area contributed by atoms with Gasteiger partial charge in [0.15, 0.2) is 11.5 Å². The minimum atomic E-state index is 0.0955. The molecule has 0 aliphatic carbocycles. The van der Waals surface area contributed by atoms with E-state index < -0.39 is 0 Å². The zero-order chi connectivity index (χ0) is 20.6. The second kappa shape index (κ2) is 10.5. The molecule has 2 aromatic rings. The number of nitrogens with one attached hydrogen (secondary N) is 1. The third kappa shape index (κ3) is 6.38. The fraction of sp³-hybridized carbons (Fsp3) is 0.435. The van der Waals surface area contributed by atoms with Crippen LogP contribution in [0.1, 0.15) is 30.4 Å². The maximum Gasteiger partial charge on any atom is 0.220 e. The van der Waals surface area contributed by atoms with Gasteiger partial charge >= 0.3 is 0 Å². The highest BCUT2D eigenvalue weighted by Crippen LogP contribution is 2.28. The highest BCUT2D eigenvalue weighted by Gasteiger charge is 2.21. The summed E-state index contributed by atoms with van der Waals surface area (Å²) >= 11 is 5.97. The molecule has 0 aromatic heterocycles. The van der Waals surface area contributed by atoms with Gasteiger partial charge in [-0.3, -0.25) is 9.69 Å². The molecule has 1 aliphatic heterocycles. The van der Waals surface area contributed by atoms with Gasteiger partial charge < -0.3 is 14.8 Å². The monoisotopic (exact) mass is 416 g/mol. The summed E-state index contributed by atoms with van der Waals surface area (Å²) < 4.78 is 10.6. The number of carbonyl (C=O) groups excluding carboxylic acids is 1. The average molecular weight is 417 g/mol. The van der Waals surface area contributed by atoms with Gasteiger partial charge in [-0.1, -0.05) is 29.8 Å². The Morgan fingerprint density at radius 2 is 1.83 bits per heavy atom. The molecule has 156 valence electrons. The number of nitrogens with zero attached hydrogens (tertiary/aromatic N) is 1. The van der Waals surface area contributed by atoms with Crippen LogP contribution in [0.5, 0.6) is 11.5 Å². The van der Waals surface area contributed by atoms with E-state index in [-0.39, 0.29) is 11.9 Å². The van der Waals surface area contributed by atoms with Crippen LogP contribution in [0.15, 0.2) is 42.5 Å². The van der Waals surface area contributed by atoms with Crippen molar-refractivity contribution in [1.29, 1.82) is 0 Å². The van der Waals surface area contributed by atoms with Crippen LogP contribution in [-0.4, -0.2) is 44.2 Å². The Kier molecular flexibility index (Phi) is 7.78. The molecule has 1 saturated heterocycles. The summed E-state index contributed by atoms with van der Waals surface area (Å²) in [7, 11) is 3.23. The Morgan fingerprint density at radius 1 is 1.10 bits per heavy atom. The number of benzene rings is 2. The van der Waals surface area contributed by atoms with Gasteiger partial charge in [0.25, 0.3) is 0 Å². The lowest BCUT2D eigenvalue weighted by Gasteiger charge is -2.33. The number of methoxy groups -OCH3 is 2. The molecular weight excluding hydrogens is 388 g/mol. The first kappa shape index (κ1) is 21.5. The normalized spacial score (nSPS) is 17.0. The first-order valence-electron chi connectivity index (χ1n) is 10.0. The van der Waals surface area contributed by atoms with E-state index in [1.165, 1.54) is 5.56 Å². The fourth-order valence-corrected chi connectivity index (χ4v) is 3.88. The number of halogens is 1. The number of carbonyl (C=O) groups is 1. The number of ether oxygens (including phenoxy) is 2. The quantitative estimate of drug-likeness (QED) is 0.704. The smallest absolute Gasteiger partial charge is 0.220 e. The standard InChI is InChI=1S/C23H29ClN2O3/c1-28-21-11-7-17(14-22(21)29-2)8-12-23(27)25-20-4-3-13-26(16-20)15-18-5-9-19(24)10-6-18/h5-7,9-11,14,20H,3-4,8,12-13,15-16H2,1-2H3,(H,25,27)/t20-/m0/s1. The molecule has 0 spiro atoms. The summed E-state index contributed by atoms with van der Waals surface area (Å²) in [5.74, 6) is 1.48. The first-order valence-corrected chi connectivity index (χ1v) is 10.4. The Hall–Kier alpha value is -2.24. The zero-order valence-corrected chi connectivity index (χ0v) is 17.9. The van der Waals surface area contributed by atoms with Crippen molar-refractivity contribution in [2.24, 2.45) is 0 Å². The van der Waals surface area contributed by atoms with Crippen LogP contribution in [0.25, 0.3) is 0 Å². The number of hydrogen-bond donors (Lipinski definition) is 1. The van der Waals surface area contributed by atoms with Gasteiger partial charge in [-0.2, -0.15) is 0 Å². The minimum Gasteiger partial charge on any atom is -0.493 e. The van der Waals surface area contributed by atoms with Crippen LogP contribution in [0.2, 0.25) is 5.02 Å². The Morgan fingerprint density at radius 3 is 2.55 bits per heavy atom. The molecule has 1 aliphatic rings. The van der Waals surface area contributed by atoms with Crippen molar-refractivity contribution < 1.29 is 14.3 Å². The average Bonchev–Trinajstić information content (AvgIpc) is 2.74. The molecule has 0 radical (unpaired) electrons. The molecule has 6 heteroatoms. The molecule has 1 N–H and O–H groups in total. The molecule has 2 aromatic carbocycles. The molecule has 1 fully saturated rings. The van der Waals surface area contributed by atoms with E-state index in [0.29, 0.717) is 24.3 Å². The Balaban J connectivity index is 1.46. The highest BCUT2D eigenvalue weighted by molar-refractivity contribution is 6.30. The van der Waals surface area contributed by atoms with Crippen molar-refractivity contribution in [1.82, 2.24) is 10.2 Å². The summed E-state index contributed by atoms with van der Waals surface area (Å²) in [6.07, 6.45) is 3.25. The van der Waals surface area contributed by atoms with Crippen molar-refractivity contribution in [2.75, 3.05) is 27.3 Å². The summed E-state index contributed by atoms with van der Waals surface area (Å²) in [5, 5.41) is 3.96. The molecule has 1 amide bonds. The predicted octanol–water partition coefficient (Wildman–Crippen LogP) is 4.07. The van der Waals surface area contributed by atoms with Crippen molar-refractivity contribution in [2.45, 2.75) is 38.3 Å². The molecule has 0 bridgehead atoms. The Labute approximate surface area is 177 Å². The van der Waals surface area contributed by atoms with Crippen LogP contribution >= 0.6 is 11.6 Å². The van der Waals surface area contributed by atoms with E-state index in [2.05, 4.69) is 22.3 Å². The number of rotatable bonds is 8. The topological polar surface area (TPSA) is 50.8 Å². The number of piperidine rings is 1. The number of hydrogen-bond acceptors (Lipinski definition) is 4. The van der Waals surface area contributed by atoms with Crippen molar-refractivity contribution in [3.8, 4) is 11.5 Å². The third-order valence-corrected chi connectivity index (χ3v) is 5.53. The third-order valence-electron chi connectivity index (χ3n) is 5.28. The van der Waals surface area contributed by atoms with Crippen LogP contribution in [0.4, 0.5) is 0 Å². The molecule has 0 saturated carbocycles. The van der Waals surface area contributed by atoms with E-state index in [4.69, 9.17) is 21.1 Å². The lowest BCUT2D eigenvalue weighted by Crippen LogP contribution is -2.47. The maximum atomic E-state index is 12.5. The van der Waals surface area contributed by atoms with Crippen molar-refractivity contribution >= 4 is 17.5 Å².